The normalized spacial score (nSPS) is 20.8. The van der Waals surface area contributed by atoms with E-state index in [0.29, 0.717) is 41.3 Å². The molecule has 5 nitrogen and oxygen atoms in total. The predicted molar refractivity (Wildman–Crippen MR) is 131 cm³/mol. The first-order valence-corrected chi connectivity index (χ1v) is 12.2. The number of carboxylic acids is 1. The number of carboxylic acid groups (broad SMARTS) is 1. The van der Waals surface area contributed by atoms with Crippen LogP contribution in [-0.2, 0) is 22.2 Å². The number of hydrogen-bond acceptors (Lipinski definition) is 3. The number of benzene rings is 3. The van der Waals surface area contributed by atoms with E-state index >= 15 is 0 Å². The molecule has 0 saturated heterocycles. The lowest BCUT2D eigenvalue weighted by atomic mass is 9.87. The second kappa shape index (κ2) is 9.74. The van der Waals surface area contributed by atoms with Crippen molar-refractivity contribution in [3.05, 3.63) is 99.6 Å². The fourth-order valence-corrected chi connectivity index (χ4v) is 5.32. The lowest BCUT2D eigenvalue weighted by Crippen LogP contribution is -2.41. The molecule has 2 aliphatic rings. The van der Waals surface area contributed by atoms with Gasteiger partial charge in [0.1, 0.15) is 5.75 Å². The van der Waals surface area contributed by atoms with Crippen molar-refractivity contribution in [3.8, 4) is 5.75 Å². The fraction of sp³-hybridized carbons (Fsp3) is 0.286. The molecule has 5 rings (SSSR count). The number of hydrogen-bond donors (Lipinski definition) is 1. The third-order valence-corrected chi connectivity index (χ3v) is 7.17. The Balaban J connectivity index is 1.49. The van der Waals surface area contributed by atoms with E-state index in [9.17, 15) is 22.8 Å². The summed E-state index contributed by atoms with van der Waals surface area (Å²) in [5.41, 5.74) is 2.25. The number of carbonyl (C=O) groups is 2. The van der Waals surface area contributed by atoms with Crippen molar-refractivity contribution in [1.29, 1.82) is 0 Å². The highest BCUT2D eigenvalue weighted by molar-refractivity contribution is 6.30. The van der Waals surface area contributed by atoms with E-state index in [-0.39, 0.29) is 11.8 Å². The lowest BCUT2D eigenvalue weighted by molar-refractivity contribution is -0.139. The van der Waals surface area contributed by atoms with Crippen LogP contribution < -0.4 is 4.74 Å². The zero-order chi connectivity index (χ0) is 26.3. The Labute approximate surface area is 216 Å². The molecule has 1 unspecified atom stereocenters. The molecule has 37 heavy (non-hydrogen) atoms. The Morgan fingerprint density at radius 3 is 2.57 bits per heavy atom. The Morgan fingerprint density at radius 2 is 1.81 bits per heavy atom. The largest absolute Gasteiger partial charge is 0.482 e. The van der Waals surface area contributed by atoms with Gasteiger partial charge in [0.05, 0.1) is 11.6 Å². The molecule has 1 fully saturated rings. The van der Waals surface area contributed by atoms with Crippen molar-refractivity contribution in [2.45, 2.75) is 31.0 Å². The number of carbonyl (C=O) groups excluding carboxylic acids is 1. The van der Waals surface area contributed by atoms with Gasteiger partial charge in [0.2, 0.25) is 5.91 Å². The van der Waals surface area contributed by atoms with Crippen LogP contribution in [0.15, 0.2) is 66.7 Å². The van der Waals surface area contributed by atoms with Crippen molar-refractivity contribution in [2.24, 2.45) is 5.92 Å². The molecule has 9 heteroatoms. The van der Waals surface area contributed by atoms with Crippen molar-refractivity contribution in [2.75, 3.05) is 13.2 Å². The summed E-state index contributed by atoms with van der Waals surface area (Å²) in [5, 5.41) is 9.53. The third-order valence-electron chi connectivity index (χ3n) is 6.93. The smallest absolute Gasteiger partial charge is 0.416 e. The van der Waals surface area contributed by atoms with Crippen LogP contribution in [0.25, 0.3) is 0 Å². The first kappa shape index (κ1) is 25.1. The number of alkyl halides is 3. The first-order valence-electron chi connectivity index (χ1n) is 11.8. The molecule has 0 spiro atoms. The van der Waals surface area contributed by atoms with E-state index in [1.807, 2.05) is 24.3 Å². The van der Waals surface area contributed by atoms with Crippen LogP contribution in [0.3, 0.4) is 0 Å². The molecule has 1 N–H and O–H groups in total. The number of nitrogens with zero attached hydrogens (tertiary/aromatic N) is 1. The number of rotatable bonds is 6. The van der Waals surface area contributed by atoms with Crippen LogP contribution in [0.1, 0.15) is 46.2 Å². The maximum atomic E-state index is 13.8. The second-order valence-electron chi connectivity index (χ2n) is 9.32. The van der Waals surface area contributed by atoms with Gasteiger partial charge in [0.25, 0.3) is 0 Å². The summed E-state index contributed by atoms with van der Waals surface area (Å²) in [4.78, 5) is 26.7. The Kier molecular flexibility index (Phi) is 6.62. The van der Waals surface area contributed by atoms with E-state index in [0.717, 1.165) is 23.3 Å². The highest BCUT2D eigenvalue weighted by Gasteiger charge is 2.48. The Bertz CT molecular complexity index is 1360. The average Bonchev–Trinajstić information content (AvgIpc) is 3.67. The molecular weight excluding hydrogens is 507 g/mol. The second-order valence-corrected chi connectivity index (χ2v) is 9.76. The summed E-state index contributed by atoms with van der Waals surface area (Å²) < 4.78 is 45.2. The zero-order valence-electron chi connectivity index (χ0n) is 19.5. The van der Waals surface area contributed by atoms with Crippen LogP contribution in [-0.4, -0.2) is 35.0 Å². The lowest BCUT2D eigenvalue weighted by Gasteiger charge is -2.38. The molecule has 1 aliphatic heterocycles. The zero-order valence-corrected chi connectivity index (χ0v) is 20.3. The monoisotopic (exact) mass is 529 g/mol. The van der Waals surface area contributed by atoms with Crippen LogP contribution in [0.2, 0.25) is 5.02 Å². The van der Waals surface area contributed by atoms with E-state index in [1.54, 1.807) is 29.2 Å². The minimum Gasteiger partial charge on any atom is -0.482 e. The first-order chi connectivity index (χ1) is 17.6. The molecule has 1 heterocycles. The van der Waals surface area contributed by atoms with Gasteiger partial charge in [-0.05, 0) is 59.7 Å². The molecular formula is C28H23ClF3NO4. The van der Waals surface area contributed by atoms with Crippen LogP contribution >= 0.6 is 11.6 Å². The SMILES string of the molecule is O=C(O)COc1ccc(Cl)cc1C1c2ccccc2CCN1C(=O)[C@@H]1C[C@H]1c1cccc(C(F)(F)F)c1. The van der Waals surface area contributed by atoms with Crippen molar-refractivity contribution in [3.63, 3.8) is 0 Å². The summed E-state index contributed by atoms with van der Waals surface area (Å²) in [6.07, 6.45) is -3.38. The van der Waals surface area contributed by atoms with Gasteiger partial charge in [-0.2, -0.15) is 13.2 Å². The van der Waals surface area contributed by atoms with E-state index in [2.05, 4.69) is 0 Å². The summed E-state index contributed by atoms with van der Waals surface area (Å²) in [5.74, 6) is -1.74. The van der Waals surface area contributed by atoms with E-state index in [4.69, 9.17) is 21.4 Å². The van der Waals surface area contributed by atoms with Crippen LogP contribution in [0, 0.1) is 5.92 Å². The number of amides is 1. The summed E-state index contributed by atoms with van der Waals surface area (Å²) in [6.45, 7) is -0.158. The molecule has 3 atom stereocenters. The molecule has 1 saturated carbocycles. The third kappa shape index (κ3) is 5.16. The maximum absolute atomic E-state index is 13.8. The van der Waals surface area contributed by atoms with Gasteiger partial charge in [-0.3, -0.25) is 4.79 Å². The average molecular weight is 530 g/mol. The summed E-state index contributed by atoms with van der Waals surface area (Å²) >= 11 is 6.32. The van der Waals surface area contributed by atoms with E-state index in [1.165, 1.54) is 6.07 Å². The minimum absolute atomic E-state index is 0.161. The van der Waals surface area contributed by atoms with Gasteiger partial charge in [0.15, 0.2) is 6.61 Å². The quantitative estimate of drug-likeness (QED) is 0.419. The number of halogens is 4. The topological polar surface area (TPSA) is 66.8 Å². The fourth-order valence-electron chi connectivity index (χ4n) is 5.14. The highest BCUT2D eigenvalue weighted by atomic mass is 35.5. The van der Waals surface area contributed by atoms with Gasteiger partial charge < -0.3 is 14.7 Å². The van der Waals surface area contributed by atoms with Crippen molar-refractivity contribution in [1.82, 2.24) is 4.90 Å². The van der Waals surface area contributed by atoms with Gasteiger partial charge in [-0.15, -0.1) is 0 Å². The van der Waals surface area contributed by atoms with Gasteiger partial charge in [-0.1, -0.05) is 54.1 Å². The summed E-state index contributed by atoms with van der Waals surface area (Å²) in [7, 11) is 0. The molecule has 1 amide bonds. The van der Waals surface area contributed by atoms with Crippen molar-refractivity contribution < 1.29 is 32.6 Å². The molecule has 3 aromatic rings. The molecule has 3 aromatic carbocycles. The number of ether oxygens (including phenoxy) is 1. The Morgan fingerprint density at radius 1 is 1.03 bits per heavy atom. The van der Waals surface area contributed by atoms with Gasteiger partial charge >= 0.3 is 12.1 Å². The number of aliphatic carboxylic acids is 1. The van der Waals surface area contributed by atoms with E-state index < -0.39 is 36.3 Å². The highest BCUT2D eigenvalue weighted by Crippen LogP contribution is 2.51. The number of fused-ring (bicyclic) bond motifs is 1. The molecule has 0 aromatic heterocycles. The van der Waals surface area contributed by atoms with Crippen LogP contribution in [0.5, 0.6) is 5.75 Å². The summed E-state index contributed by atoms with van der Waals surface area (Å²) in [6, 6.07) is 17.1. The molecule has 192 valence electrons. The van der Waals surface area contributed by atoms with Crippen LogP contribution in [0.4, 0.5) is 13.2 Å². The predicted octanol–water partition coefficient (Wildman–Crippen LogP) is 6.10. The minimum atomic E-state index is -4.45. The van der Waals surface area contributed by atoms with Gasteiger partial charge in [0, 0.05) is 23.0 Å². The van der Waals surface area contributed by atoms with Crippen molar-refractivity contribution >= 4 is 23.5 Å². The molecule has 0 radical (unpaired) electrons. The Hall–Kier alpha value is -3.52. The molecule has 1 aliphatic carbocycles. The van der Waals surface area contributed by atoms with Gasteiger partial charge in [-0.25, -0.2) is 4.79 Å². The standard InChI is InChI=1S/C28H23ClF3NO4/c29-19-8-9-24(37-15-25(34)35)23(13-19)26-20-7-2-1-4-16(20)10-11-33(26)27(36)22-14-21(22)17-5-3-6-18(12-17)28(30,31)32/h1-9,12-13,21-22,26H,10-11,14-15H2,(H,34,35)/t21-,22+,26?/m0/s1. The molecule has 0 bridgehead atoms. The maximum Gasteiger partial charge on any atom is 0.416 e.